The third-order valence-electron chi connectivity index (χ3n) is 5.95. The predicted molar refractivity (Wildman–Crippen MR) is 115 cm³/mol. The van der Waals surface area contributed by atoms with Gasteiger partial charge in [0, 0.05) is 25.9 Å². The number of hydrogen-bond donors (Lipinski definition) is 0. The van der Waals surface area contributed by atoms with Crippen LogP contribution < -0.4 is 0 Å². The summed E-state index contributed by atoms with van der Waals surface area (Å²) >= 11 is 0. The maximum atomic E-state index is 12.3. The van der Waals surface area contributed by atoms with E-state index in [9.17, 15) is 14.4 Å². The van der Waals surface area contributed by atoms with Gasteiger partial charge in [-0.3, -0.25) is 9.59 Å². The number of rotatable bonds is 16. The lowest BCUT2D eigenvalue weighted by atomic mass is 9.86. The summed E-state index contributed by atoms with van der Waals surface area (Å²) in [6, 6.07) is 0. The quantitative estimate of drug-likeness (QED) is 0.193. The van der Waals surface area contributed by atoms with Crippen LogP contribution in [0.4, 0.5) is 0 Å². The van der Waals surface area contributed by atoms with Crippen molar-refractivity contribution in [1.82, 2.24) is 0 Å². The molecule has 0 spiro atoms. The van der Waals surface area contributed by atoms with Crippen LogP contribution in [0.2, 0.25) is 0 Å². The fraction of sp³-hybridized carbons (Fsp3) is 0.875. The second-order valence-corrected chi connectivity index (χ2v) is 8.74. The van der Waals surface area contributed by atoms with E-state index in [-0.39, 0.29) is 24.2 Å². The van der Waals surface area contributed by atoms with Crippen molar-refractivity contribution >= 4 is 17.5 Å². The maximum absolute atomic E-state index is 12.3. The summed E-state index contributed by atoms with van der Waals surface area (Å²) in [6.45, 7) is 5.72. The summed E-state index contributed by atoms with van der Waals surface area (Å²) in [5.41, 5.74) is 0. The van der Waals surface area contributed by atoms with E-state index in [2.05, 4.69) is 6.92 Å². The first kappa shape index (κ1) is 25.8. The highest BCUT2D eigenvalue weighted by molar-refractivity contribution is 6.02. The van der Waals surface area contributed by atoms with Crippen LogP contribution in [0.3, 0.4) is 0 Å². The van der Waals surface area contributed by atoms with Gasteiger partial charge in [-0.1, -0.05) is 51.9 Å². The zero-order valence-corrected chi connectivity index (χ0v) is 19.0. The maximum Gasteiger partial charge on any atom is 0.343 e. The van der Waals surface area contributed by atoms with Gasteiger partial charge in [0.25, 0.3) is 0 Å². The van der Waals surface area contributed by atoms with E-state index in [1.165, 1.54) is 45.6 Å². The number of hydrogen-bond acceptors (Lipinski definition) is 5. The zero-order valence-electron chi connectivity index (χ0n) is 19.0. The predicted octanol–water partition coefficient (Wildman–Crippen LogP) is 5.43. The van der Waals surface area contributed by atoms with Crippen LogP contribution in [-0.2, 0) is 23.9 Å². The molecule has 3 atom stereocenters. The van der Waals surface area contributed by atoms with E-state index in [4.69, 9.17) is 9.47 Å². The molecule has 29 heavy (non-hydrogen) atoms. The summed E-state index contributed by atoms with van der Waals surface area (Å²) in [7, 11) is 1.36. The minimum absolute atomic E-state index is 0.171. The van der Waals surface area contributed by atoms with Gasteiger partial charge in [0.2, 0.25) is 6.10 Å². The minimum atomic E-state index is -1.13. The normalized spacial score (nSPS) is 20.2. The molecule has 1 saturated carbocycles. The molecule has 0 aromatic heterocycles. The van der Waals surface area contributed by atoms with Crippen molar-refractivity contribution < 1.29 is 23.9 Å². The Morgan fingerprint density at radius 3 is 2.31 bits per heavy atom. The van der Waals surface area contributed by atoms with Crippen molar-refractivity contribution in [3.63, 3.8) is 0 Å². The smallest absolute Gasteiger partial charge is 0.343 e. The van der Waals surface area contributed by atoms with Crippen molar-refractivity contribution in [2.75, 3.05) is 7.11 Å². The molecule has 0 heterocycles. The second-order valence-electron chi connectivity index (χ2n) is 8.74. The van der Waals surface area contributed by atoms with Gasteiger partial charge in [-0.25, -0.2) is 4.79 Å². The number of methoxy groups -OCH3 is 1. The molecule has 0 amide bonds. The number of ketones is 2. The average molecular weight is 411 g/mol. The highest BCUT2D eigenvalue weighted by Gasteiger charge is 2.33. The van der Waals surface area contributed by atoms with Crippen LogP contribution in [0, 0.1) is 11.8 Å². The Morgan fingerprint density at radius 2 is 1.66 bits per heavy atom. The first-order chi connectivity index (χ1) is 13.9. The highest BCUT2D eigenvalue weighted by atomic mass is 16.6. The van der Waals surface area contributed by atoms with Gasteiger partial charge in [-0.15, -0.1) is 0 Å². The largest absolute Gasteiger partial charge is 0.461 e. The molecule has 5 nitrogen and oxygen atoms in total. The molecule has 1 rings (SSSR count). The summed E-state index contributed by atoms with van der Waals surface area (Å²) in [4.78, 5) is 36.5. The molecule has 0 N–H and O–H groups in total. The lowest BCUT2D eigenvalue weighted by Gasteiger charge is -2.18. The SMILES string of the molecule is CCCCCCCC[C@H]1CCC(=O)[C@@H]1CCCCC(=O)C(OC)C(=O)OC(C)C. The van der Waals surface area contributed by atoms with E-state index in [1.54, 1.807) is 13.8 Å². The molecule has 168 valence electrons. The Hall–Kier alpha value is -1.23. The van der Waals surface area contributed by atoms with Crippen LogP contribution in [0.5, 0.6) is 0 Å². The monoisotopic (exact) mass is 410 g/mol. The van der Waals surface area contributed by atoms with E-state index in [0.29, 0.717) is 18.1 Å². The molecule has 1 fully saturated rings. The number of esters is 1. The molecule has 0 bridgehead atoms. The second kappa shape index (κ2) is 14.7. The van der Waals surface area contributed by atoms with Gasteiger partial charge in [0.05, 0.1) is 6.10 Å². The molecule has 0 aromatic rings. The minimum Gasteiger partial charge on any atom is -0.461 e. The first-order valence-electron chi connectivity index (χ1n) is 11.7. The molecule has 0 saturated heterocycles. The summed E-state index contributed by atoms with van der Waals surface area (Å²) in [5, 5.41) is 0. The van der Waals surface area contributed by atoms with Gasteiger partial charge >= 0.3 is 5.97 Å². The lowest BCUT2D eigenvalue weighted by Crippen LogP contribution is -2.35. The number of carbonyl (C=O) groups is 3. The fourth-order valence-corrected chi connectivity index (χ4v) is 4.35. The Kier molecular flexibility index (Phi) is 13.1. The van der Waals surface area contributed by atoms with Crippen molar-refractivity contribution in [2.24, 2.45) is 11.8 Å². The number of carbonyl (C=O) groups excluding carboxylic acids is 3. The number of unbranched alkanes of at least 4 members (excludes halogenated alkanes) is 6. The lowest BCUT2D eigenvalue weighted by molar-refractivity contribution is -0.163. The van der Waals surface area contributed by atoms with Gasteiger partial charge in [0.1, 0.15) is 5.78 Å². The Balaban J connectivity index is 2.30. The number of Topliss-reactive ketones (excluding diaryl/α,β-unsaturated/α-hetero) is 2. The van der Waals surface area contributed by atoms with Crippen LogP contribution in [0.25, 0.3) is 0 Å². The molecular formula is C24H42O5. The summed E-state index contributed by atoms with van der Waals surface area (Å²) < 4.78 is 10.1. The van der Waals surface area contributed by atoms with Gasteiger partial charge in [-0.05, 0) is 45.4 Å². The Bertz CT molecular complexity index is 499. The molecule has 0 aromatic carbocycles. The summed E-state index contributed by atoms with van der Waals surface area (Å²) in [6.07, 6.45) is 11.9. The van der Waals surface area contributed by atoms with E-state index in [0.717, 1.165) is 32.1 Å². The van der Waals surface area contributed by atoms with Crippen LogP contribution in [-0.4, -0.2) is 36.9 Å². The molecule has 0 aliphatic heterocycles. The number of ether oxygens (including phenoxy) is 2. The van der Waals surface area contributed by atoms with E-state index >= 15 is 0 Å². The van der Waals surface area contributed by atoms with Gasteiger partial charge in [-0.2, -0.15) is 0 Å². The fourth-order valence-electron chi connectivity index (χ4n) is 4.35. The van der Waals surface area contributed by atoms with Crippen molar-refractivity contribution in [2.45, 2.75) is 116 Å². The zero-order chi connectivity index (χ0) is 21.6. The molecular weight excluding hydrogens is 368 g/mol. The van der Waals surface area contributed by atoms with Crippen LogP contribution >= 0.6 is 0 Å². The first-order valence-corrected chi connectivity index (χ1v) is 11.7. The van der Waals surface area contributed by atoms with Crippen LogP contribution in [0.15, 0.2) is 0 Å². The standard InChI is InChI=1S/C24H42O5/c1-5-6-7-8-9-10-13-19-16-17-21(25)20(19)14-11-12-15-22(26)23(28-4)24(27)29-18(2)3/h18-20,23H,5-17H2,1-4H3/t19-,20+,23?/m0/s1. The van der Waals surface area contributed by atoms with E-state index < -0.39 is 12.1 Å². The Labute approximate surface area is 177 Å². The summed E-state index contributed by atoms with van der Waals surface area (Å²) in [5.74, 6) is 0.251. The highest BCUT2D eigenvalue weighted by Crippen LogP contribution is 2.36. The van der Waals surface area contributed by atoms with Crippen molar-refractivity contribution in [1.29, 1.82) is 0 Å². The topological polar surface area (TPSA) is 69.7 Å². The van der Waals surface area contributed by atoms with Crippen LogP contribution in [0.1, 0.15) is 104 Å². The third-order valence-corrected chi connectivity index (χ3v) is 5.95. The molecule has 1 aliphatic carbocycles. The average Bonchev–Trinajstić information content (AvgIpc) is 3.01. The van der Waals surface area contributed by atoms with Gasteiger partial charge < -0.3 is 9.47 Å². The van der Waals surface area contributed by atoms with E-state index in [1.807, 2.05) is 0 Å². The Morgan fingerprint density at radius 1 is 1.00 bits per heavy atom. The van der Waals surface area contributed by atoms with Gasteiger partial charge in [0.15, 0.2) is 5.78 Å². The molecule has 1 unspecified atom stereocenters. The molecule has 0 radical (unpaired) electrons. The van der Waals surface area contributed by atoms with Crippen molar-refractivity contribution in [3.05, 3.63) is 0 Å². The molecule has 5 heteroatoms. The molecule has 1 aliphatic rings. The van der Waals surface area contributed by atoms with Crippen molar-refractivity contribution in [3.8, 4) is 0 Å². The third kappa shape index (κ3) is 9.88.